The van der Waals surface area contributed by atoms with Gasteiger partial charge in [-0.05, 0) is 36.4 Å². The number of hydrogen-bond acceptors (Lipinski definition) is 4. The molecular formula is C17H12ClN3O4. The second-order valence-corrected chi connectivity index (χ2v) is 5.45. The fraction of sp³-hybridized carbons (Fsp3) is 0. The molecule has 25 heavy (non-hydrogen) atoms. The van der Waals surface area contributed by atoms with Crippen molar-refractivity contribution < 1.29 is 14.0 Å². The van der Waals surface area contributed by atoms with Crippen molar-refractivity contribution in [1.29, 1.82) is 0 Å². The number of rotatable bonds is 3. The summed E-state index contributed by atoms with van der Waals surface area (Å²) < 4.78 is 5.03. The average molecular weight is 358 g/mol. The molecule has 0 bridgehead atoms. The fourth-order valence-electron chi connectivity index (χ4n) is 2.13. The number of aromatic amines is 1. The maximum atomic E-state index is 12.4. The number of H-pyrrole nitrogens is 1. The number of nitrogens with one attached hydrogen (secondary N) is 3. The van der Waals surface area contributed by atoms with Crippen LogP contribution in [0.5, 0.6) is 0 Å². The number of aromatic nitrogens is 1. The topological polar surface area (TPSA) is 104 Å². The van der Waals surface area contributed by atoms with Gasteiger partial charge in [0.05, 0.1) is 6.26 Å². The third-order valence-corrected chi connectivity index (χ3v) is 3.56. The molecule has 3 N–H and O–H groups in total. The molecule has 8 heteroatoms. The van der Waals surface area contributed by atoms with Crippen LogP contribution in [0.2, 0.25) is 5.02 Å². The Hall–Kier alpha value is -3.32. The summed E-state index contributed by atoms with van der Waals surface area (Å²) in [5, 5.41) is 0.663. The van der Waals surface area contributed by atoms with Gasteiger partial charge in [0.2, 0.25) is 5.43 Å². The highest BCUT2D eigenvalue weighted by Crippen LogP contribution is 2.14. The number of halogens is 1. The molecule has 0 atom stereocenters. The molecule has 0 radical (unpaired) electrons. The number of carbonyl (C=O) groups is 2. The van der Waals surface area contributed by atoms with Gasteiger partial charge in [-0.15, -0.1) is 0 Å². The van der Waals surface area contributed by atoms with Gasteiger partial charge in [0.15, 0.2) is 0 Å². The molecular weight excluding hydrogens is 346 g/mol. The first-order chi connectivity index (χ1) is 12.0. The van der Waals surface area contributed by atoms with Crippen molar-refractivity contribution >= 4 is 40.4 Å². The lowest BCUT2D eigenvalue weighted by Gasteiger charge is -2.06. The van der Waals surface area contributed by atoms with E-state index in [2.05, 4.69) is 15.8 Å². The minimum Gasteiger partial charge on any atom is -0.465 e. The molecule has 0 aliphatic carbocycles. The van der Waals surface area contributed by atoms with E-state index in [9.17, 15) is 14.4 Å². The second-order valence-electron chi connectivity index (χ2n) is 5.01. The van der Waals surface area contributed by atoms with Crippen LogP contribution in [-0.2, 0) is 4.79 Å². The molecule has 1 aromatic carbocycles. The lowest BCUT2D eigenvalue weighted by atomic mass is 10.1. The summed E-state index contributed by atoms with van der Waals surface area (Å²) >= 11 is 5.88. The number of pyridine rings is 1. The van der Waals surface area contributed by atoms with Crippen LogP contribution >= 0.6 is 11.6 Å². The maximum absolute atomic E-state index is 12.4. The van der Waals surface area contributed by atoms with Crippen molar-refractivity contribution in [1.82, 2.24) is 15.8 Å². The molecule has 3 aromatic rings. The molecule has 0 spiro atoms. The summed E-state index contributed by atoms with van der Waals surface area (Å²) in [5.74, 6) is -0.836. The molecule has 0 unspecified atom stereocenters. The third kappa shape index (κ3) is 3.78. The quantitative estimate of drug-likeness (QED) is 0.494. The van der Waals surface area contributed by atoms with E-state index >= 15 is 0 Å². The standard InChI is InChI=1S/C17H12ClN3O4/c18-10-3-5-14-12(8-10)16(23)13(9-19-14)17(24)21-20-15(22)6-4-11-2-1-7-25-11/h1-9H,(H,19,23)(H,20,22)(H,21,24)/b6-4+. The Balaban J connectivity index is 1.71. The highest BCUT2D eigenvalue weighted by molar-refractivity contribution is 6.31. The number of fused-ring (bicyclic) bond motifs is 1. The molecule has 3 rings (SSSR count). The van der Waals surface area contributed by atoms with Gasteiger partial charge in [-0.1, -0.05) is 11.6 Å². The predicted molar refractivity (Wildman–Crippen MR) is 92.9 cm³/mol. The van der Waals surface area contributed by atoms with E-state index < -0.39 is 17.2 Å². The van der Waals surface area contributed by atoms with Gasteiger partial charge < -0.3 is 9.40 Å². The Labute approximate surface area is 146 Å². The SMILES string of the molecule is O=C(/C=C/c1ccco1)NNC(=O)c1c[nH]c2ccc(Cl)cc2c1=O. The van der Waals surface area contributed by atoms with Crippen molar-refractivity contribution in [3.8, 4) is 0 Å². The number of hydrogen-bond donors (Lipinski definition) is 3. The van der Waals surface area contributed by atoms with Crippen LogP contribution in [0.25, 0.3) is 17.0 Å². The van der Waals surface area contributed by atoms with Gasteiger partial charge in [-0.2, -0.15) is 0 Å². The summed E-state index contributed by atoms with van der Waals surface area (Å²) in [7, 11) is 0. The number of carbonyl (C=O) groups excluding carboxylic acids is 2. The van der Waals surface area contributed by atoms with Crippen molar-refractivity contribution in [2.24, 2.45) is 0 Å². The Morgan fingerprint density at radius 1 is 1.20 bits per heavy atom. The van der Waals surface area contributed by atoms with Gasteiger partial charge in [0.1, 0.15) is 11.3 Å². The van der Waals surface area contributed by atoms with Crippen LogP contribution in [0.1, 0.15) is 16.1 Å². The van der Waals surface area contributed by atoms with E-state index in [1.165, 1.54) is 30.7 Å². The van der Waals surface area contributed by atoms with Gasteiger partial charge in [-0.25, -0.2) is 0 Å². The minimum absolute atomic E-state index is 0.148. The second kappa shape index (κ2) is 7.06. The third-order valence-electron chi connectivity index (χ3n) is 3.33. The summed E-state index contributed by atoms with van der Waals surface area (Å²) in [6.45, 7) is 0. The van der Waals surface area contributed by atoms with Crippen molar-refractivity contribution in [3.63, 3.8) is 0 Å². The van der Waals surface area contributed by atoms with Crippen LogP contribution in [0, 0.1) is 0 Å². The van der Waals surface area contributed by atoms with Gasteiger partial charge in [0.25, 0.3) is 11.8 Å². The molecule has 0 saturated heterocycles. The van der Waals surface area contributed by atoms with Crippen molar-refractivity contribution in [2.75, 3.05) is 0 Å². The Morgan fingerprint density at radius 2 is 2.04 bits per heavy atom. The first-order valence-corrected chi connectivity index (χ1v) is 7.55. The number of hydrazine groups is 1. The van der Waals surface area contributed by atoms with Crippen LogP contribution in [0.15, 0.2) is 58.1 Å². The van der Waals surface area contributed by atoms with Crippen LogP contribution in [0.3, 0.4) is 0 Å². The van der Waals surface area contributed by atoms with E-state index in [1.807, 2.05) is 0 Å². The molecule has 0 aliphatic rings. The van der Waals surface area contributed by atoms with Crippen molar-refractivity contribution in [3.05, 3.63) is 75.4 Å². The molecule has 2 heterocycles. The zero-order valence-corrected chi connectivity index (χ0v) is 13.5. The first kappa shape index (κ1) is 16.5. The van der Waals surface area contributed by atoms with E-state index in [-0.39, 0.29) is 10.9 Å². The summed E-state index contributed by atoms with van der Waals surface area (Å²) in [4.78, 5) is 39.0. The van der Waals surface area contributed by atoms with E-state index in [0.29, 0.717) is 16.3 Å². The molecule has 0 saturated carbocycles. The Bertz CT molecular complexity index is 1020. The largest absolute Gasteiger partial charge is 0.465 e. The monoisotopic (exact) mass is 357 g/mol. The van der Waals surface area contributed by atoms with E-state index in [1.54, 1.807) is 24.3 Å². The van der Waals surface area contributed by atoms with Crippen LogP contribution in [0.4, 0.5) is 0 Å². The van der Waals surface area contributed by atoms with Gasteiger partial charge in [0, 0.05) is 28.2 Å². The fourth-order valence-corrected chi connectivity index (χ4v) is 2.30. The highest BCUT2D eigenvalue weighted by Gasteiger charge is 2.13. The average Bonchev–Trinajstić information content (AvgIpc) is 3.12. The number of benzene rings is 1. The molecule has 2 amide bonds. The lowest BCUT2D eigenvalue weighted by Crippen LogP contribution is -2.42. The highest BCUT2D eigenvalue weighted by atomic mass is 35.5. The Morgan fingerprint density at radius 3 is 2.80 bits per heavy atom. The lowest BCUT2D eigenvalue weighted by molar-refractivity contribution is -0.117. The minimum atomic E-state index is -0.747. The zero-order chi connectivity index (χ0) is 17.8. The maximum Gasteiger partial charge on any atom is 0.275 e. The molecule has 2 aromatic heterocycles. The smallest absolute Gasteiger partial charge is 0.275 e. The van der Waals surface area contributed by atoms with E-state index in [4.69, 9.17) is 16.0 Å². The summed E-state index contributed by atoms with van der Waals surface area (Å²) in [6, 6.07) is 8.09. The molecule has 126 valence electrons. The zero-order valence-electron chi connectivity index (χ0n) is 12.7. The number of amides is 2. The number of furan rings is 1. The van der Waals surface area contributed by atoms with Gasteiger partial charge >= 0.3 is 0 Å². The summed E-state index contributed by atoms with van der Waals surface area (Å²) in [5.41, 5.74) is 4.27. The predicted octanol–water partition coefficient (Wildman–Crippen LogP) is 2.25. The van der Waals surface area contributed by atoms with Crippen LogP contribution in [-0.4, -0.2) is 16.8 Å². The molecule has 7 nitrogen and oxygen atoms in total. The summed E-state index contributed by atoms with van der Waals surface area (Å²) in [6.07, 6.45) is 5.37. The van der Waals surface area contributed by atoms with E-state index in [0.717, 1.165) is 0 Å². The van der Waals surface area contributed by atoms with Gasteiger partial charge in [-0.3, -0.25) is 25.2 Å². The Kier molecular flexibility index (Phi) is 4.67. The van der Waals surface area contributed by atoms with Crippen LogP contribution < -0.4 is 16.3 Å². The van der Waals surface area contributed by atoms with Crippen molar-refractivity contribution in [2.45, 2.75) is 0 Å². The molecule has 0 aliphatic heterocycles. The molecule has 0 fully saturated rings. The first-order valence-electron chi connectivity index (χ1n) is 7.17. The normalized spacial score (nSPS) is 10.9.